The third-order valence-corrected chi connectivity index (χ3v) is 4.91. The summed E-state index contributed by atoms with van der Waals surface area (Å²) in [6, 6.07) is 23.5. The van der Waals surface area contributed by atoms with E-state index in [9.17, 15) is 4.79 Å². The van der Waals surface area contributed by atoms with E-state index in [4.69, 9.17) is 9.47 Å². The molecule has 0 N–H and O–H groups in total. The van der Waals surface area contributed by atoms with Crippen molar-refractivity contribution in [1.82, 2.24) is 9.88 Å². The van der Waals surface area contributed by atoms with Gasteiger partial charge in [-0.05, 0) is 42.7 Å². The molecule has 2 heterocycles. The van der Waals surface area contributed by atoms with Crippen LogP contribution in [0.3, 0.4) is 0 Å². The summed E-state index contributed by atoms with van der Waals surface area (Å²) in [4.78, 5) is 19.5. The number of amides is 1. The van der Waals surface area contributed by atoms with Gasteiger partial charge in [0.2, 0.25) is 6.10 Å². The highest BCUT2D eigenvalue weighted by atomic mass is 16.6. The van der Waals surface area contributed by atoms with Gasteiger partial charge in [-0.2, -0.15) is 0 Å². The van der Waals surface area contributed by atoms with Crippen LogP contribution in [0.2, 0.25) is 0 Å². The van der Waals surface area contributed by atoms with Gasteiger partial charge in [-0.25, -0.2) is 0 Å². The Morgan fingerprint density at radius 1 is 0.966 bits per heavy atom. The second kappa shape index (κ2) is 9.24. The number of carbonyl (C=O) groups excluding carboxylic acids is 1. The van der Waals surface area contributed by atoms with Crippen molar-refractivity contribution >= 4 is 5.91 Å². The van der Waals surface area contributed by atoms with Crippen molar-refractivity contribution in [3.8, 4) is 11.5 Å². The number of para-hydroxylation sites is 2. The second-order valence-electron chi connectivity index (χ2n) is 7.03. The molecule has 0 spiro atoms. The molecule has 1 atom stereocenters. The van der Waals surface area contributed by atoms with Crippen LogP contribution in [0.4, 0.5) is 0 Å². The Labute approximate surface area is 170 Å². The predicted molar refractivity (Wildman–Crippen MR) is 111 cm³/mol. The third-order valence-electron chi connectivity index (χ3n) is 4.91. The average molecular weight is 388 g/mol. The summed E-state index contributed by atoms with van der Waals surface area (Å²) in [7, 11) is 0. The van der Waals surface area contributed by atoms with Crippen molar-refractivity contribution in [2.45, 2.75) is 25.5 Å². The standard InChI is InChI=1S/C24H24N2O3/c27-24(23-18-28-21-13-4-5-14-22(21)29-23)26(17-20-12-6-7-15-25-20)16-8-11-19-9-2-1-3-10-19/h1-7,9-10,12-15,23H,8,11,16-18H2. The molecule has 0 saturated carbocycles. The number of nitrogens with zero attached hydrogens (tertiary/aromatic N) is 2. The minimum Gasteiger partial charge on any atom is -0.485 e. The van der Waals surface area contributed by atoms with Crippen molar-refractivity contribution in [2.75, 3.05) is 13.2 Å². The molecule has 5 nitrogen and oxygen atoms in total. The van der Waals surface area contributed by atoms with Crippen molar-refractivity contribution < 1.29 is 14.3 Å². The zero-order valence-electron chi connectivity index (χ0n) is 16.2. The molecule has 0 aliphatic carbocycles. The molecule has 1 aliphatic rings. The number of carbonyl (C=O) groups is 1. The molecule has 4 rings (SSSR count). The first-order valence-corrected chi connectivity index (χ1v) is 9.91. The fourth-order valence-corrected chi connectivity index (χ4v) is 3.42. The number of ether oxygens (including phenoxy) is 2. The van der Waals surface area contributed by atoms with E-state index < -0.39 is 6.10 Å². The topological polar surface area (TPSA) is 51.7 Å². The van der Waals surface area contributed by atoms with Crippen LogP contribution in [0.15, 0.2) is 79.0 Å². The Morgan fingerprint density at radius 3 is 2.52 bits per heavy atom. The molecule has 0 bridgehead atoms. The number of aryl methyl sites for hydroxylation is 1. The van der Waals surface area contributed by atoms with Gasteiger partial charge in [0, 0.05) is 12.7 Å². The number of pyridine rings is 1. The van der Waals surface area contributed by atoms with Crippen LogP contribution in [0.5, 0.6) is 11.5 Å². The van der Waals surface area contributed by atoms with Gasteiger partial charge < -0.3 is 14.4 Å². The molecular formula is C24H24N2O3. The third kappa shape index (κ3) is 4.93. The maximum absolute atomic E-state index is 13.2. The van der Waals surface area contributed by atoms with E-state index in [1.165, 1.54) is 5.56 Å². The number of hydrogen-bond donors (Lipinski definition) is 0. The van der Waals surface area contributed by atoms with Gasteiger partial charge in [0.25, 0.3) is 5.91 Å². The van der Waals surface area contributed by atoms with Crippen LogP contribution in [0.1, 0.15) is 17.7 Å². The van der Waals surface area contributed by atoms with Crippen molar-refractivity contribution in [1.29, 1.82) is 0 Å². The quantitative estimate of drug-likeness (QED) is 0.616. The smallest absolute Gasteiger partial charge is 0.267 e. The molecule has 1 unspecified atom stereocenters. The summed E-state index contributed by atoms with van der Waals surface area (Å²) in [6.45, 7) is 1.30. The molecule has 5 heteroatoms. The zero-order valence-corrected chi connectivity index (χ0v) is 16.2. The molecule has 148 valence electrons. The van der Waals surface area contributed by atoms with E-state index in [-0.39, 0.29) is 12.5 Å². The first kappa shape index (κ1) is 19.0. The van der Waals surface area contributed by atoms with Gasteiger partial charge in [0.15, 0.2) is 11.5 Å². The largest absolute Gasteiger partial charge is 0.485 e. The number of rotatable bonds is 7. The van der Waals surface area contributed by atoms with Crippen LogP contribution in [-0.4, -0.2) is 35.0 Å². The molecule has 1 aliphatic heterocycles. The molecule has 1 aromatic heterocycles. The average Bonchev–Trinajstić information content (AvgIpc) is 2.79. The van der Waals surface area contributed by atoms with Gasteiger partial charge in [-0.3, -0.25) is 9.78 Å². The van der Waals surface area contributed by atoms with Crippen LogP contribution in [0, 0.1) is 0 Å². The van der Waals surface area contributed by atoms with Crippen LogP contribution >= 0.6 is 0 Å². The first-order chi connectivity index (χ1) is 14.3. The van der Waals surface area contributed by atoms with Gasteiger partial charge >= 0.3 is 0 Å². The monoisotopic (exact) mass is 388 g/mol. The van der Waals surface area contributed by atoms with E-state index in [1.54, 1.807) is 6.20 Å². The lowest BCUT2D eigenvalue weighted by molar-refractivity contribution is -0.142. The van der Waals surface area contributed by atoms with Gasteiger partial charge in [0.05, 0.1) is 12.2 Å². The lowest BCUT2D eigenvalue weighted by atomic mass is 10.1. The van der Waals surface area contributed by atoms with Crippen LogP contribution in [0.25, 0.3) is 0 Å². The summed E-state index contributed by atoms with van der Waals surface area (Å²) in [6.07, 6.45) is 2.88. The normalized spacial score (nSPS) is 15.0. The number of fused-ring (bicyclic) bond motifs is 1. The number of benzene rings is 2. The number of aromatic nitrogens is 1. The minimum absolute atomic E-state index is 0.0711. The van der Waals surface area contributed by atoms with E-state index >= 15 is 0 Å². The first-order valence-electron chi connectivity index (χ1n) is 9.91. The lowest BCUT2D eigenvalue weighted by Crippen LogP contribution is -2.46. The Bertz CT molecular complexity index is 931. The summed E-state index contributed by atoms with van der Waals surface area (Å²) in [5, 5.41) is 0. The Morgan fingerprint density at radius 2 is 1.72 bits per heavy atom. The van der Waals surface area contributed by atoms with Crippen molar-refractivity contribution in [3.05, 3.63) is 90.3 Å². The highest BCUT2D eigenvalue weighted by molar-refractivity contribution is 5.82. The van der Waals surface area contributed by atoms with E-state index in [2.05, 4.69) is 17.1 Å². The number of hydrogen-bond acceptors (Lipinski definition) is 4. The minimum atomic E-state index is -0.648. The second-order valence-corrected chi connectivity index (χ2v) is 7.03. The Kier molecular flexibility index (Phi) is 6.05. The van der Waals surface area contributed by atoms with Gasteiger partial charge in [0.1, 0.15) is 6.61 Å². The van der Waals surface area contributed by atoms with Crippen molar-refractivity contribution in [2.24, 2.45) is 0 Å². The summed E-state index contributed by atoms with van der Waals surface area (Å²) < 4.78 is 11.7. The summed E-state index contributed by atoms with van der Waals surface area (Å²) in [5.74, 6) is 1.22. The molecule has 29 heavy (non-hydrogen) atoms. The van der Waals surface area contributed by atoms with Crippen LogP contribution < -0.4 is 9.47 Å². The molecule has 0 radical (unpaired) electrons. The predicted octanol–water partition coefficient (Wildman–Crippen LogP) is 3.88. The maximum Gasteiger partial charge on any atom is 0.267 e. The highest BCUT2D eigenvalue weighted by Gasteiger charge is 2.31. The SMILES string of the molecule is O=C(C1COc2ccccc2O1)N(CCCc1ccccc1)Cc1ccccn1. The summed E-state index contributed by atoms with van der Waals surface area (Å²) in [5.41, 5.74) is 2.13. The van der Waals surface area contributed by atoms with E-state index in [0.29, 0.717) is 24.6 Å². The molecule has 0 saturated heterocycles. The molecule has 0 fully saturated rings. The lowest BCUT2D eigenvalue weighted by Gasteiger charge is -2.30. The van der Waals surface area contributed by atoms with Gasteiger partial charge in [-0.15, -0.1) is 0 Å². The van der Waals surface area contributed by atoms with Crippen LogP contribution in [-0.2, 0) is 17.8 Å². The van der Waals surface area contributed by atoms with E-state index in [1.807, 2.05) is 65.6 Å². The fraction of sp³-hybridized carbons (Fsp3) is 0.250. The fourth-order valence-electron chi connectivity index (χ4n) is 3.42. The van der Waals surface area contributed by atoms with Crippen molar-refractivity contribution in [3.63, 3.8) is 0 Å². The Balaban J connectivity index is 1.44. The molecule has 2 aromatic carbocycles. The Hall–Kier alpha value is -3.34. The van der Waals surface area contributed by atoms with E-state index in [0.717, 1.165) is 18.5 Å². The highest BCUT2D eigenvalue weighted by Crippen LogP contribution is 2.31. The van der Waals surface area contributed by atoms with Gasteiger partial charge in [-0.1, -0.05) is 48.5 Å². The maximum atomic E-state index is 13.2. The molecule has 3 aromatic rings. The zero-order chi connectivity index (χ0) is 19.9. The molecule has 1 amide bonds. The molecular weight excluding hydrogens is 364 g/mol. The summed E-state index contributed by atoms with van der Waals surface area (Å²) >= 11 is 0.